The third-order valence-electron chi connectivity index (χ3n) is 4.76. The first-order chi connectivity index (χ1) is 12.2. The molecule has 1 saturated heterocycles. The Hall–Kier alpha value is -2.49. The molecule has 0 spiro atoms. The molecule has 0 saturated carbocycles. The monoisotopic (exact) mass is 380 g/mol. The van der Waals surface area contributed by atoms with Crippen molar-refractivity contribution in [1.82, 2.24) is 5.32 Å². The summed E-state index contributed by atoms with van der Waals surface area (Å²) in [6, 6.07) is 6.82. The number of sulfonamides is 1. The van der Waals surface area contributed by atoms with E-state index in [-0.39, 0.29) is 41.1 Å². The number of nitrogens with two attached hydrogens (primary N) is 1. The molecule has 0 radical (unpaired) electrons. The lowest BCUT2D eigenvalue weighted by Gasteiger charge is -2.21. The van der Waals surface area contributed by atoms with Gasteiger partial charge in [-0.05, 0) is 48.7 Å². The fourth-order valence-electron chi connectivity index (χ4n) is 3.41. The maximum Gasteiger partial charge on any atom is 0.241 e. The molecule has 0 bridgehead atoms. The Morgan fingerprint density at radius 1 is 1.00 bits per heavy atom. The minimum atomic E-state index is -4.12. The first-order valence-corrected chi connectivity index (χ1v) is 9.52. The predicted molar refractivity (Wildman–Crippen MR) is 93.7 cm³/mol. The third-order valence-corrected chi connectivity index (χ3v) is 5.70. The van der Waals surface area contributed by atoms with Crippen LogP contribution in [0.2, 0.25) is 0 Å². The summed E-state index contributed by atoms with van der Waals surface area (Å²) in [4.78, 5) is -0.435. The number of hydrogen-bond acceptors (Lipinski definition) is 7. The van der Waals surface area contributed by atoms with Gasteiger partial charge in [-0.3, -0.25) is 0 Å². The van der Waals surface area contributed by atoms with Crippen molar-refractivity contribution in [3.8, 4) is 23.0 Å². The number of hydrogen-bond donors (Lipinski definition) is 6. The topological polar surface area (TPSA) is 153 Å². The number of phenolic OH excluding ortho intramolecular Hbond substituents is 4. The smallest absolute Gasteiger partial charge is 0.241 e. The van der Waals surface area contributed by atoms with Gasteiger partial charge in [-0.1, -0.05) is 6.07 Å². The number of aromatic hydroxyl groups is 4. The van der Waals surface area contributed by atoms with Crippen molar-refractivity contribution in [2.45, 2.75) is 17.2 Å². The van der Waals surface area contributed by atoms with Crippen molar-refractivity contribution in [1.29, 1.82) is 0 Å². The molecule has 1 heterocycles. The molecule has 3 rings (SSSR count). The molecule has 7 N–H and O–H groups in total. The molecule has 0 amide bonds. The number of nitrogens with one attached hydrogen (secondary N) is 1. The van der Waals surface area contributed by atoms with Crippen LogP contribution in [0.4, 0.5) is 0 Å². The molecule has 140 valence electrons. The van der Waals surface area contributed by atoms with E-state index in [0.717, 1.165) is 11.6 Å². The van der Waals surface area contributed by atoms with Crippen LogP contribution in [0.3, 0.4) is 0 Å². The van der Waals surface area contributed by atoms with Crippen molar-refractivity contribution in [3.63, 3.8) is 0 Å². The van der Waals surface area contributed by atoms with Crippen LogP contribution in [0.1, 0.15) is 17.0 Å². The van der Waals surface area contributed by atoms with Gasteiger partial charge >= 0.3 is 0 Å². The Bertz CT molecular complexity index is 945. The Kier molecular flexibility index (Phi) is 4.70. The molecule has 9 heteroatoms. The van der Waals surface area contributed by atoms with E-state index in [1.165, 1.54) is 18.2 Å². The standard InChI is InChI=1S/C17H20N2O6S/c18-26(24,25)16-4-3-13(20)11(17(16)23)5-10-7-19-8-12(10)9-1-2-14(21)15(22)6-9/h1-4,6,10,12,19-23H,5,7-8H2,(H2,18,24,25)/t10-,12+/m0/s1. The van der Waals surface area contributed by atoms with Crippen molar-refractivity contribution in [2.75, 3.05) is 13.1 Å². The van der Waals surface area contributed by atoms with Gasteiger partial charge in [0, 0.05) is 18.0 Å². The summed E-state index contributed by atoms with van der Waals surface area (Å²) in [6.07, 6.45) is 0.209. The van der Waals surface area contributed by atoms with E-state index < -0.39 is 20.7 Å². The van der Waals surface area contributed by atoms with Crippen molar-refractivity contribution < 1.29 is 28.8 Å². The quantitative estimate of drug-likeness (QED) is 0.427. The van der Waals surface area contributed by atoms with Crippen LogP contribution < -0.4 is 10.5 Å². The van der Waals surface area contributed by atoms with Gasteiger partial charge in [0.2, 0.25) is 10.0 Å². The second kappa shape index (κ2) is 6.67. The zero-order chi connectivity index (χ0) is 19.1. The highest BCUT2D eigenvalue weighted by molar-refractivity contribution is 7.89. The molecule has 0 aliphatic carbocycles. The van der Waals surface area contributed by atoms with E-state index in [9.17, 15) is 28.8 Å². The van der Waals surface area contributed by atoms with Crippen LogP contribution in [0.5, 0.6) is 23.0 Å². The Morgan fingerprint density at radius 2 is 1.69 bits per heavy atom. The zero-order valence-electron chi connectivity index (χ0n) is 13.8. The van der Waals surface area contributed by atoms with Crippen LogP contribution in [0.25, 0.3) is 0 Å². The lowest BCUT2D eigenvalue weighted by molar-refractivity contribution is 0.400. The van der Waals surface area contributed by atoms with Crippen LogP contribution in [0.15, 0.2) is 35.2 Å². The van der Waals surface area contributed by atoms with E-state index in [2.05, 4.69) is 5.32 Å². The van der Waals surface area contributed by atoms with Gasteiger partial charge in [0.25, 0.3) is 0 Å². The third kappa shape index (κ3) is 3.41. The second-order valence-electron chi connectivity index (χ2n) is 6.43. The summed E-state index contributed by atoms with van der Waals surface area (Å²) >= 11 is 0. The summed E-state index contributed by atoms with van der Waals surface area (Å²) in [5, 5.41) is 47.9. The fraction of sp³-hybridized carbons (Fsp3) is 0.294. The maximum absolute atomic E-state index is 11.6. The highest BCUT2D eigenvalue weighted by Crippen LogP contribution is 2.40. The number of rotatable bonds is 4. The molecule has 2 aromatic rings. The lowest BCUT2D eigenvalue weighted by Crippen LogP contribution is -2.16. The van der Waals surface area contributed by atoms with Crippen molar-refractivity contribution in [2.24, 2.45) is 11.1 Å². The van der Waals surface area contributed by atoms with E-state index in [0.29, 0.717) is 13.1 Å². The highest BCUT2D eigenvalue weighted by Gasteiger charge is 2.31. The van der Waals surface area contributed by atoms with Crippen molar-refractivity contribution >= 4 is 10.0 Å². The Balaban J connectivity index is 1.94. The molecule has 0 unspecified atom stereocenters. The van der Waals surface area contributed by atoms with Gasteiger partial charge < -0.3 is 25.7 Å². The van der Waals surface area contributed by atoms with Crippen LogP contribution in [-0.4, -0.2) is 41.9 Å². The van der Waals surface area contributed by atoms with Crippen LogP contribution in [-0.2, 0) is 16.4 Å². The zero-order valence-corrected chi connectivity index (χ0v) is 14.6. The van der Waals surface area contributed by atoms with E-state index >= 15 is 0 Å². The average molecular weight is 380 g/mol. The molecule has 8 nitrogen and oxygen atoms in total. The summed E-state index contributed by atoms with van der Waals surface area (Å²) in [5.74, 6) is -1.34. The summed E-state index contributed by atoms with van der Waals surface area (Å²) in [5.41, 5.74) is 0.898. The van der Waals surface area contributed by atoms with Crippen LogP contribution >= 0.6 is 0 Å². The van der Waals surface area contributed by atoms with Crippen LogP contribution in [0, 0.1) is 5.92 Å². The molecule has 2 atom stereocenters. The van der Waals surface area contributed by atoms with Gasteiger partial charge in [0.15, 0.2) is 11.5 Å². The molecular formula is C17H20N2O6S. The second-order valence-corrected chi connectivity index (χ2v) is 7.96. The number of phenols is 4. The fourth-order valence-corrected chi connectivity index (χ4v) is 4.06. The van der Waals surface area contributed by atoms with Crippen molar-refractivity contribution in [3.05, 3.63) is 41.5 Å². The minimum absolute atomic E-state index is 0.0570. The predicted octanol–water partition coefficient (Wildman–Crippen LogP) is 0.702. The Labute approximate surface area is 150 Å². The SMILES string of the molecule is NS(=O)(=O)c1ccc(O)c(C[C@H]2CNC[C@@H]2c2ccc(O)c(O)c2)c1O. The van der Waals surface area contributed by atoms with Gasteiger partial charge in [0.05, 0.1) is 0 Å². The number of benzene rings is 2. The Morgan fingerprint density at radius 3 is 2.35 bits per heavy atom. The first kappa shape index (κ1) is 18.3. The lowest BCUT2D eigenvalue weighted by atomic mass is 9.84. The summed E-state index contributed by atoms with van der Waals surface area (Å²) < 4.78 is 23.2. The molecule has 26 heavy (non-hydrogen) atoms. The van der Waals surface area contributed by atoms with E-state index in [4.69, 9.17) is 5.14 Å². The molecule has 0 aromatic heterocycles. The molecule has 1 aliphatic heterocycles. The first-order valence-electron chi connectivity index (χ1n) is 7.97. The van der Waals surface area contributed by atoms with E-state index in [1.807, 2.05) is 0 Å². The molecule has 2 aromatic carbocycles. The van der Waals surface area contributed by atoms with Gasteiger partial charge in [-0.15, -0.1) is 0 Å². The minimum Gasteiger partial charge on any atom is -0.508 e. The van der Waals surface area contributed by atoms with Gasteiger partial charge in [-0.25, -0.2) is 13.6 Å². The molecule has 1 aliphatic rings. The summed E-state index contributed by atoms with van der Waals surface area (Å²) in [6.45, 7) is 1.18. The maximum atomic E-state index is 11.6. The normalized spacial score (nSPS) is 20.3. The largest absolute Gasteiger partial charge is 0.508 e. The highest BCUT2D eigenvalue weighted by atomic mass is 32.2. The average Bonchev–Trinajstić information content (AvgIpc) is 3.01. The number of primary sulfonamides is 1. The van der Waals surface area contributed by atoms with Gasteiger partial charge in [-0.2, -0.15) is 0 Å². The van der Waals surface area contributed by atoms with E-state index in [1.54, 1.807) is 6.07 Å². The summed E-state index contributed by atoms with van der Waals surface area (Å²) in [7, 11) is -4.12. The molecular weight excluding hydrogens is 360 g/mol. The molecule has 1 fully saturated rings. The van der Waals surface area contributed by atoms with Gasteiger partial charge in [0.1, 0.15) is 16.4 Å².